The van der Waals surface area contributed by atoms with E-state index in [9.17, 15) is 5.11 Å². The number of nitrogens with one attached hydrogen (secondary N) is 1. The maximum atomic E-state index is 10.0. The van der Waals surface area contributed by atoms with Crippen LogP contribution in [0.25, 0.3) is 0 Å². The molecule has 2 rings (SSSR count). The van der Waals surface area contributed by atoms with E-state index in [2.05, 4.69) is 20.3 Å². The number of aromatic hydroxyl groups is 1. The van der Waals surface area contributed by atoms with Crippen LogP contribution in [0.15, 0.2) is 6.07 Å². The molecular weight excluding hydrogens is 346 g/mol. The van der Waals surface area contributed by atoms with Crippen molar-refractivity contribution >= 4 is 58.0 Å². The molecule has 2 aromatic rings. The predicted octanol–water partition coefficient (Wildman–Crippen LogP) is 4.50. The standard InChI is InChI=1S/C11H8Cl4N4O/c1-2-4-5(12)3-6(8(20)7(4)13)16-11-18-9(14)17-10(15)19-11/h3,20H,2H2,1H3,(H,16,17,18,19). The second-order valence-electron chi connectivity index (χ2n) is 3.72. The van der Waals surface area contributed by atoms with Crippen molar-refractivity contribution in [1.29, 1.82) is 0 Å². The molecule has 0 fully saturated rings. The predicted molar refractivity (Wildman–Crippen MR) is 80.6 cm³/mol. The van der Waals surface area contributed by atoms with Crippen molar-refractivity contribution in [2.75, 3.05) is 5.32 Å². The van der Waals surface area contributed by atoms with Gasteiger partial charge in [0.25, 0.3) is 0 Å². The van der Waals surface area contributed by atoms with E-state index >= 15 is 0 Å². The van der Waals surface area contributed by atoms with Crippen LogP contribution in [-0.2, 0) is 6.42 Å². The Morgan fingerprint density at radius 1 is 1.10 bits per heavy atom. The van der Waals surface area contributed by atoms with Gasteiger partial charge in [-0.05, 0) is 41.3 Å². The summed E-state index contributed by atoms with van der Waals surface area (Å²) in [6.07, 6.45) is 0.592. The van der Waals surface area contributed by atoms with E-state index in [1.54, 1.807) is 0 Å². The Kier molecular flexibility index (Phi) is 4.75. The second kappa shape index (κ2) is 6.18. The summed E-state index contributed by atoms with van der Waals surface area (Å²) < 4.78 is 0. The largest absolute Gasteiger partial charge is 0.504 e. The maximum Gasteiger partial charge on any atom is 0.232 e. The number of hydrogen-bond acceptors (Lipinski definition) is 5. The van der Waals surface area contributed by atoms with Gasteiger partial charge in [-0.3, -0.25) is 0 Å². The highest BCUT2D eigenvalue weighted by Gasteiger charge is 2.15. The van der Waals surface area contributed by atoms with Crippen LogP contribution in [0.4, 0.5) is 11.6 Å². The lowest BCUT2D eigenvalue weighted by Crippen LogP contribution is -2.00. The van der Waals surface area contributed by atoms with Gasteiger partial charge >= 0.3 is 0 Å². The molecule has 2 N–H and O–H groups in total. The van der Waals surface area contributed by atoms with Crippen LogP contribution in [0.2, 0.25) is 20.6 Å². The molecule has 0 aliphatic rings. The zero-order chi connectivity index (χ0) is 14.9. The number of phenols is 1. The van der Waals surface area contributed by atoms with E-state index < -0.39 is 0 Å². The van der Waals surface area contributed by atoms with E-state index in [4.69, 9.17) is 46.4 Å². The van der Waals surface area contributed by atoms with Gasteiger partial charge in [0.1, 0.15) is 0 Å². The number of hydrogen-bond donors (Lipinski definition) is 2. The number of benzene rings is 1. The van der Waals surface area contributed by atoms with Crippen molar-refractivity contribution in [3.05, 3.63) is 32.2 Å². The Morgan fingerprint density at radius 2 is 1.70 bits per heavy atom. The molecule has 0 unspecified atom stereocenters. The fourth-order valence-electron chi connectivity index (χ4n) is 1.57. The lowest BCUT2D eigenvalue weighted by atomic mass is 10.1. The molecule has 0 amide bonds. The van der Waals surface area contributed by atoms with E-state index in [0.717, 1.165) is 0 Å². The molecule has 0 aliphatic heterocycles. The summed E-state index contributed by atoms with van der Waals surface area (Å²) in [5, 5.41) is 13.2. The molecule has 0 saturated carbocycles. The minimum Gasteiger partial charge on any atom is -0.504 e. The quantitative estimate of drug-likeness (QED) is 0.795. The van der Waals surface area contributed by atoms with Gasteiger partial charge in [0.2, 0.25) is 16.5 Å². The molecule has 0 radical (unpaired) electrons. The fraction of sp³-hybridized carbons (Fsp3) is 0.182. The van der Waals surface area contributed by atoms with Crippen molar-refractivity contribution < 1.29 is 5.11 Å². The third-order valence-electron chi connectivity index (χ3n) is 2.47. The highest BCUT2D eigenvalue weighted by atomic mass is 35.5. The summed E-state index contributed by atoms with van der Waals surface area (Å²) in [4.78, 5) is 11.3. The average molecular weight is 354 g/mol. The van der Waals surface area contributed by atoms with Crippen LogP contribution in [0.3, 0.4) is 0 Å². The smallest absolute Gasteiger partial charge is 0.232 e. The summed E-state index contributed by atoms with van der Waals surface area (Å²) in [6, 6.07) is 1.52. The molecule has 9 heteroatoms. The molecule has 0 atom stereocenters. The minimum absolute atomic E-state index is 0.0710. The van der Waals surface area contributed by atoms with Crippen LogP contribution in [0, 0.1) is 0 Å². The van der Waals surface area contributed by atoms with E-state index in [1.807, 2.05) is 6.92 Å². The summed E-state index contributed by atoms with van der Waals surface area (Å²) in [5.41, 5.74) is 0.902. The first-order valence-corrected chi connectivity index (χ1v) is 6.97. The normalized spacial score (nSPS) is 10.7. The van der Waals surface area contributed by atoms with Crippen molar-refractivity contribution in [3.8, 4) is 5.75 Å². The molecule has 1 heterocycles. The van der Waals surface area contributed by atoms with Crippen LogP contribution in [0.1, 0.15) is 12.5 Å². The molecular formula is C11H8Cl4N4O. The van der Waals surface area contributed by atoms with Crippen LogP contribution < -0.4 is 5.32 Å². The van der Waals surface area contributed by atoms with Gasteiger partial charge in [0.15, 0.2) is 5.75 Å². The maximum absolute atomic E-state index is 10.0. The van der Waals surface area contributed by atoms with Crippen LogP contribution in [0.5, 0.6) is 5.75 Å². The highest BCUT2D eigenvalue weighted by Crippen LogP contribution is 2.40. The van der Waals surface area contributed by atoms with Crippen molar-refractivity contribution in [1.82, 2.24) is 15.0 Å². The lowest BCUT2D eigenvalue weighted by molar-refractivity contribution is 0.477. The van der Waals surface area contributed by atoms with Gasteiger partial charge in [-0.1, -0.05) is 30.1 Å². The second-order valence-corrected chi connectivity index (χ2v) is 5.18. The highest BCUT2D eigenvalue weighted by molar-refractivity contribution is 6.37. The molecule has 0 saturated heterocycles. The first-order chi connectivity index (χ1) is 9.42. The molecule has 5 nitrogen and oxygen atoms in total. The lowest BCUT2D eigenvalue weighted by Gasteiger charge is -2.12. The summed E-state index contributed by atoms with van der Waals surface area (Å²) >= 11 is 23.5. The summed E-state index contributed by atoms with van der Waals surface area (Å²) in [5.74, 6) is -0.0812. The Morgan fingerprint density at radius 3 is 2.25 bits per heavy atom. The van der Waals surface area contributed by atoms with Crippen molar-refractivity contribution in [2.24, 2.45) is 0 Å². The molecule has 1 aromatic heterocycles. The first kappa shape index (κ1) is 15.4. The number of nitrogens with zero attached hydrogens (tertiary/aromatic N) is 3. The molecule has 20 heavy (non-hydrogen) atoms. The van der Waals surface area contributed by atoms with Gasteiger partial charge in [-0.25, -0.2) is 0 Å². The van der Waals surface area contributed by atoms with Crippen molar-refractivity contribution in [2.45, 2.75) is 13.3 Å². The summed E-state index contributed by atoms with van der Waals surface area (Å²) in [6.45, 7) is 1.88. The fourth-order valence-corrected chi connectivity index (χ4v) is 2.66. The van der Waals surface area contributed by atoms with Crippen molar-refractivity contribution in [3.63, 3.8) is 0 Å². The summed E-state index contributed by atoms with van der Waals surface area (Å²) in [7, 11) is 0. The molecule has 0 bridgehead atoms. The van der Waals surface area contributed by atoms with E-state index in [0.29, 0.717) is 17.0 Å². The number of halogens is 4. The Balaban J connectivity index is 2.44. The van der Waals surface area contributed by atoms with Crippen LogP contribution in [-0.4, -0.2) is 20.1 Å². The third-order valence-corrected chi connectivity index (χ3v) is 3.55. The zero-order valence-corrected chi connectivity index (χ0v) is 13.1. The first-order valence-electron chi connectivity index (χ1n) is 5.46. The van der Waals surface area contributed by atoms with E-state index in [1.165, 1.54) is 6.07 Å². The van der Waals surface area contributed by atoms with Gasteiger partial charge in [0, 0.05) is 5.02 Å². The zero-order valence-electron chi connectivity index (χ0n) is 10.1. The molecule has 0 spiro atoms. The Bertz CT molecular complexity index is 645. The van der Waals surface area contributed by atoms with Crippen LogP contribution >= 0.6 is 46.4 Å². The van der Waals surface area contributed by atoms with Gasteiger partial charge in [0.05, 0.1) is 10.7 Å². The Hall–Kier alpha value is -1.01. The number of phenolic OH excluding ortho intramolecular Hbond substituents is 1. The minimum atomic E-state index is -0.152. The van der Waals surface area contributed by atoms with Gasteiger partial charge in [-0.2, -0.15) is 15.0 Å². The monoisotopic (exact) mass is 352 g/mol. The molecule has 1 aromatic carbocycles. The van der Waals surface area contributed by atoms with E-state index in [-0.39, 0.29) is 33.0 Å². The molecule has 0 aliphatic carbocycles. The molecule has 106 valence electrons. The number of anilines is 2. The van der Waals surface area contributed by atoms with Gasteiger partial charge in [-0.15, -0.1) is 0 Å². The topological polar surface area (TPSA) is 70.9 Å². The SMILES string of the molecule is CCc1c(Cl)cc(Nc2nc(Cl)nc(Cl)n2)c(O)c1Cl. The van der Waals surface area contributed by atoms with Gasteiger partial charge < -0.3 is 10.4 Å². The third kappa shape index (κ3) is 3.17. The number of aromatic nitrogens is 3. The Labute approximate surface area is 134 Å². The number of rotatable bonds is 3. The average Bonchev–Trinajstić information content (AvgIpc) is 2.35.